The zero-order valence-corrected chi connectivity index (χ0v) is 11.4. The third-order valence-electron chi connectivity index (χ3n) is 3.07. The monoisotopic (exact) mass is 246 g/mol. The molecule has 4 nitrogen and oxygen atoms in total. The summed E-state index contributed by atoms with van der Waals surface area (Å²) in [5, 5.41) is 9.60. The number of ether oxygens (including phenoxy) is 3. The zero-order valence-electron chi connectivity index (χ0n) is 11.4. The van der Waals surface area contributed by atoms with Gasteiger partial charge in [0.05, 0.1) is 50.2 Å². The molecule has 1 heterocycles. The summed E-state index contributed by atoms with van der Waals surface area (Å²) < 4.78 is 17.2. The number of hydrogen-bond acceptors (Lipinski definition) is 4. The Kier molecular flexibility index (Phi) is 5.86. The Hall–Kier alpha value is -0.160. The topological polar surface area (TPSA) is 47.9 Å². The van der Waals surface area contributed by atoms with Crippen LogP contribution in [0.4, 0.5) is 0 Å². The van der Waals surface area contributed by atoms with E-state index in [1.54, 1.807) is 0 Å². The largest absolute Gasteiger partial charge is 0.396 e. The SMILES string of the molecule is CC(C)OCC1(CO)COC(C)CC(C)OC1. The third-order valence-corrected chi connectivity index (χ3v) is 3.07. The first kappa shape index (κ1) is 14.9. The highest BCUT2D eigenvalue weighted by molar-refractivity contribution is 4.81. The van der Waals surface area contributed by atoms with E-state index in [0.717, 1.165) is 6.42 Å². The summed E-state index contributed by atoms with van der Waals surface area (Å²) in [4.78, 5) is 0. The van der Waals surface area contributed by atoms with Crippen molar-refractivity contribution in [2.24, 2.45) is 5.41 Å². The van der Waals surface area contributed by atoms with E-state index >= 15 is 0 Å². The lowest BCUT2D eigenvalue weighted by atomic mass is 9.91. The summed E-state index contributed by atoms with van der Waals surface area (Å²) in [5.41, 5.74) is -0.423. The maximum atomic E-state index is 9.60. The average Bonchev–Trinajstić information content (AvgIpc) is 2.27. The van der Waals surface area contributed by atoms with Gasteiger partial charge >= 0.3 is 0 Å². The van der Waals surface area contributed by atoms with Gasteiger partial charge < -0.3 is 19.3 Å². The van der Waals surface area contributed by atoms with Crippen LogP contribution in [-0.2, 0) is 14.2 Å². The van der Waals surface area contributed by atoms with E-state index in [1.165, 1.54) is 0 Å². The Bertz CT molecular complexity index is 200. The fourth-order valence-electron chi connectivity index (χ4n) is 1.85. The van der Waals surface area contributed by atoms with E-state index in [1.807, 2.05) is 27.7 Å². The first-order chi connectivity index (χ1) is 7.97. The summed E-state index contributed by atoms with van der Waals surface area (Å²) in [7, 11) is 0. The van der Waals surface area contributed by atoms with E-state index in [0.29, 0.717) is 19.8 Å². The first-order valence-corrected chi connectivity index (χ1v) is 6.43. The van der Waals surface area contributed by atoms with Crippen LogP contribution in [-0.4, -0.2) is 49.8 Å². The average molecular weight is 246 g/mol. The molecule has 0 aliphatic carbocycles. The van der Waals surface area contributed by atoms with Gasteiger partial charge in [0, 0.05) is 0 Å². The van der Waals surface area contributed by atoms with Gasteiger partial charge in [0.15, 0.2) is 0 Å². The number of aliphatic hydroxyl groups is 1. The molecule has 1 saturated heterocycles. The molecule has 0 aromatic rings. The molecule has 1 aliphatic rings. The van der Waals surface area contributed by atoms with Crippen molar-refractivity contribution in [2.75, 3.05) is 26.4 Å². The molecule has 0 saturated carbocycles. The molecule has 0 aromatic heterocycles. The van der Waals surface area contributed by atoms with Crippen molar-refractivity contribution in [1.82, 2.24) is 0 Å². The Labute approximate surface area is 104 Å². The van der Waals surface area contributed by atoms with Crippen molar-refractivity contribution in [3.8, 4) is 0 Å². The maximum Gasteiger partial charge on any atom is 0.0635 e. The van der Waals surface area contributed by atoms with Gasteiger partial charge in [0.1, 0.15) is 0 Å². The fourth-order valence-corrected chi connectivity index (χ4v) is 1.85. The summed E-state index contributed by atoms with van der Waals surface area (Å²) in [5.74, 6) is 0. The van der Waals surface area contributed by atoms with E-state index in [9.17, 15) is 5.11 Å². The molecule has 1 N–H and O–H groups in total. The van der Waals surface area contributed by atoms with Gasteiger partial charge in [-0.05, 0) is 34.1 Å². The summed E-state index contributed by atoms with van der Waals surface area (Å²) >= 11 is 0. The highest BCUT2D eigenvalue weighted by Crippen LogP contribution is 2.24. The predicted octanol–water partition coefficient (Wildman–Crippen LogP) is 1.60. The summed E-state index contributed by atoms with van der Waals surface area (Å²) in [6.45, 7) is 9.53. The van der Waals surface area contributed by atoms with Gasteiger partial charge in [-0.3, -0.25) is 0 Å². The molecule has 0 spiro atoms. The highest BCUT2D eigenvalue weighted by atomic mass is 16.5. The quantitative estimate of drug-likeness (QED) is 0.818. The molecule has 17 heavy (non-hydrogen) atoms. The van der Waals surface area contributed by atoms with Crippen LogP contribution in [0, 0.1) is 5.41 Å². The van der Waals surface area contributed by atoms with E-state index < -0.39 is 5.41 Å². The smallest absolute Gasteiger partial charge is 0.0635 e. The van der Waals surface area contributed by atoms with E-state index in [-0.39, 0.29) is 24.9 Å². The van der Waals surface area contributed by atoms with Gasteiger partial charge in [-0.1, -0.05) is 0 Å². The van der Waals surface area contributed by atoms with Crippen molar-refractivity contribution >= 4 is 0 Å². The van der Waals surface area contributed by atoms with Crippen LogP contribution in [0.25, 0.3) is 0 Å². The van der Waals surface area contributed by atoms with Crippen LogP contribution in [0.15, 0.2) is 0 Å². The van der Waals surface area contributed by atoms with Crippen molar-refractivity contribution < 1.29 is 19.3 Å². The van der Waals surface area contributed by atoms with E-state index in [2.05, 4.69) is 0 Å². The Morgan fingerprint density at radius 1 is 1.24 bits per heavy atom. The van der Waals surface area contributed by atoms with Crippen molar-refractivity contribution in [1.29, 1.82) is 0 Å². The minimum atomic E-state index is -0.423. The van der Waals surface area contributed by atoms with Crippen molar-refractivity contribution in [2.45, 2.75) is 52.4 Å². The number of rotatable bonds is 4. The molecular formula is C13H26O4. The van der Waals surface area contributed by atoms with Crippen LogP contribution in [0.5, 0.6) is 0 Å². The Balaban J connectivity index is 2.60. The molecular weight excluding hydrogens is 220 g/mol. The van der Waals surface area contributed by atoms with Crippen molar-refractivity contribution in [3.05, 3.63) is 0 Å². The van der Waals surface area contributed by atoms with Crippen LogP contribution < -0.4 is 0 Å². The lowest BCUT2D eigenvalue weighted by Crippen LogP contribution is -2.45. The fraction of sp³-hybridized carbons (Fsp3) is 1.00. The number of hydrogen-bond donors (Lipinski definition) is 1. The van der Waals surface area contributed by atoms with Gasteiger partial charge in [-0.15, -0.1) is 0 Å². The normalized spacial score (nSPS) is 35.6. The molecule has 0 radical (unpaired) electrons. The van der Waals surface area contributed by atoms with Crippen LogP contribution in [0.1, 0.15) is 34.1 Å². The highest BCUT2D eigenvalue weighted by Gasteiger charge is 2.34. The Morgan fingerprint density at radius 2 is 1.76 bits per heavy atom. The lowest BCUT2D eigenvalue weighted by molar-refractivity contribution is -0.150. The van der Waals surface area contributed by atoms with Gasteiger partial charge in [0.25, 0.3) is 0 Å². The minimum absolute atomic E-state index is 0.0269. The molecule has 1 rings (SSSR count). The summed E-state index contributed by atoms with van der Waals surface area (Å²) in [6, 6.07) is 0. The van der Waals surface area contributed by atoms with E-state index in [4.69, 9.17) is 14.2 Å². The van der Waals surface area contributed by atoms with Crippen LogP contribution in [0.3, 0.4) is 0 Å². The third kappa shape index (κ3) is 4.92. The second kappa shape index (κ2) is 6.69. The number of aliphatic hydroxyl groups excluding tert-OH is 1. The summed E-state index contributed by atoms with van der Waals surface area (Å²) in [6.07, 6.45) is 1.37. The first-order valence-electron chi connectivity index (χ1n) is 6.43. The van der Waals surface area contributed by atoms with Crippen molar-refractivity contribution in [3.63, 3.8) is 0 Å². The second-order valence-electron chi connectivity index (χ2n) is 5.50. The molecule has 102 valence electrons. The molecule has 4 heteroatoms. The van der Waals surface area contributed by atoms with Gasteiger partial charge in [0.2, 0.25) is 0 Å². The molecule has 1 aliphatic heterocycles. The standard InChI is InChI=1S/C13H26O4/c1-10(2)15-7-13(6-14)8-16-11(3)5-12(4)17-9-13/h10-12,14H,5-9H2,1-4H3. The van der Waals surface area contributed by atoms with Crippen LogP contribution in [0.2, 0.25) is 0 Å². The molecule has 0 aromatic carbocycles. The minimum Gasteiger partial charge on any atom is -0.396 e. The molecule has 2 atom stereocenters. The Morgan fingerprint density at radius 3 is 2.18 bits per heavy atom. The second-order valence-corrected chi connectivity index (χ2v) is 5.50. The molecule has 0 amide bonds. The van der Waals surface area contributed by atoms with Crippen LogP contribution >= 0.6 is 0 Å². The van der Waals surface area contributed by atoms with Gasteiger partial charge in [-0.25, -0.2) is 0 Å². The predicted molar refractivity (Wildman–Crippen MR) is 66.1 cm³/mol. The molecule has 1 fully saturated rings. The molecule has 2 unspecified atom stereocenters. The maximum absolute atomic E-state index is 9.60. The van der Waals surface area contributed by atoms with Gasteiger partial charge in [-0.2, -0.15) is 0 Å². The lowest BCUT2D eigenvalue weighted by Gasteiger charge is -2.36. The molecule has 0 bridgehead atoms. The zero-order chi connectivity index (χ0) is 12.9.